The van der Waals surface area contributed by atoms with Crippen LogP contribution < -0.4 is 15.5 Å². The Morgan fingerprint density at radius 3 is 2.62 bits per heavy atom. The summed E-state index contributed by atoms with van der Waals surface area (Å²) in [5.41, 5.74) is 3.01. The van der Waals surface area contributed by atoms with Crippen molar-refractivity contribution >= 4 is 34.5 Å². The van der Waals surface area contributed by atoms with Crippen LogP contribution in [0.3, 0.4) is 0 Å². The molecule has 2 amide bonds. The topological polar surface area (TPSA) is 90.1 Å². The first-order valence-electron chi connectivity index (χ1n) is 8.28. The maximum Gasteiger partial charge on any atom is 0.251 e. The standard InChI is InChI=1S/C19H21N5O2/c1-12(20-18(26)13-7-6-8-14(11-13)24(2)3)17(25)23-19-21-15-9-4-5-10-16(15)22-19/h4-12H,1-3H3,(H,20,26)(H2,21,22,23,25). The fourth-order valence-corrected chi connectivity index (χ4v) is 2.51. The van der Waals surface area contributed by atoms with E-state index in [0.717, 1.165) is 16.7 Å². The molecule has 1 unspecified atom stereocenters. The first kappa shape index (κ1) is 17.5. The molecule has 3 N–H and O–H groups in total. The number of carbonyl (C=O) groups is 2. The number of nitrogens with one attached hydrogen (secondary N) is 3. The molecule has 0 saturated heterocycles. The Balaban J connectivity index is 1.65. The molecule has 0 radical (unpaired) electrons. The molecule has 0 fully saturated rings. The van der Waals surface area contributed by atoms with Gasteiger partial charge >= 0.3 is 0 Å². The van der Waals surface area contributed by atoms with Gasteiger partial charge in [0.05, 0.1) is 11.0 Å². The van der Waals surface area contributed by atoms with Gasteiger partial charge in [-0.2, -0.15) is 0 Å². The zero-order valence-corrected chi connectivity index (χ0v) is 14.9. The maximum absolute atomic E-state index is 12.4. The lowest BCUT2D eigenvalue weighted by Crippen LogP contribution is -2.41. The van der Waals surface area contributed by atoms with Gasteiger partial charge in [0.1, 0.15) is 6.04 Å². The number of fused-ring (bicyclic) bond motifs is 1. The van der Waals surface area contributed by atoms with Crippen molar-refractivity contribution in [1.29, 1.82) is 0 Å². The molecule has 3 rings (SSSR count). The van der Waals surface area contributed by atoms with Crippen molar-refractivity contribution in [2.24, 2.45) is 0 Å². The Morgan fingerprint density at radius 2 is 1.88 bits per heavy atom. The molecule has 7 nitrogen and oxygen atoms in total. The lowest BCUT2D eigenvalue weighted by Gasteiger charge is -2.15. The highest BCUT2D eigenvalue weighted by atomic mass is 16.2. The Labute approximate surface area is 151 Å². The van der Waals surface area contributed by atoms with Gasteiger partial charge in [-0.1, -0.05) is 18.2 Å². The molecule has 0 aliphatic heterocycles. The molecule has 26 heavy (non-hydrogen) atoms. The summed E-state index contributed by atoms with van der Waals surface area (Å²) < 4.78 is 0. The van der Waals surface area contributed by atoms with E-state index in [9.17, 15) is 9.59 Å². The number of carbonyl (C=O) groups excluding carboxylic acids is 2. The molecule has 3 aromatic rings. The van der Waals surface area contributed by atoms with Gasteiger partial charge in [0, 0.05) is 25.3 Å². The number of hydrogen-bond donors (Lipinski definition) is 3. The molecule has 134 valence electrons. The predicted octanol–water partition coefficient (Wildman–Crippen LogP) is 2.39. The SMILES string of the molecule is CC(NC(=O)c1cccc(N(C)C)c1)C(=O)Nc1nc2ccccc2[nH]1. The minimum atomic E-state index is -0.710. The quantitative estimate of drug-likeness (QED) is 0.658. The van der Waals surface area contributed by atoms with Gasteiger partial charge in [-0.25, -0.2) is 4.98 Å². The van der Waals surface area contributed by atoms with Crippen molar-refractivity contribution in [3.63, 3.8) is 0 Å². The summed E-state index contributed by atoms with van der Waals surface area (Å²) in [7, 11) is 3.81. The second-order valence-corrected chi connectivity index (χ2v) is 6.23. The van der Waals surface area contributed by atoms with E-state index in [0.29, 0.717) is 11.5 Å². The van der Waals surface area contributed by atoms with Crippen molar-refractivity contribution in [2.75, 3.05) is 24.3 Å². The van der Waals surface area contributed by atoms with Gasteiger partial charge in [0.2, 0.25) is 11.9 Å². The van der Waals surface area contributed by atoms with Gasteiger partial charge in [0.25, 0.3) is 5.91 Å². The fourth-order valence-electron chi connectivity index (χ4n) is 2.51. The Morgan fingerprint density at radius 1 is 1.12 bits per heavy atom. The van der Waals surface area contributed by atoms with Crippen LogP contribution >= 0.6 is 0 Å². The monoisotopic (exact) mass is 351 g/mol. The zero-order valence-electron chi connectivity index (χ0n) is 14.9. The van der Waals surface area contributed by atoms with E-state index in [4.69, 9.17) is 0 Å². The van der Waals surface area contributed by atoms with Crippen molar-refractivity contribution in [3.05, 3.63) is 54.1 Å². The van der Waals surface area contributed by atoms with Gasteiger partial charge in [-0.05, 0) is 37.3 Å². The van der Waals surface area contributed by atoms with Crippen LogP contribution in [0.2, 0.25) is 0 Å². The summed E-state index contributed by atoms with van der Waals surface area (Å²) >= 11 is 0. The van der Waals surface area contributed by atoms with E-state index in [2.05, 4.69) is 20.6 Å². The molecule has 0 saturated carbocycles. The van der Waals surface area contributed by atoms with E-state index < -0.39 is 6.04 Å². The summed E-state index contributed by atoms with van der Waals surface area (Å²) in [6, 6.07) is 14.0. The predicted molar refractivity (Wildman–Crippen MR) is 102 cm³/mol. The van der Waals surface area contributed by atoms with E-state index in [-0.39, 0.29) is 11.8 Å². The fraction of sp³-hybridized carbons (Fsp3) is 0.211. The molecular weight excluding hydrogens is 330 g/mol. The third-order valence-electron chi connectivity index (χ3n) is 4.00. The second-order valence-electron chi connectivity index (χ2n) is 6.23. The average molecular weight is 351 g/mol. The molecule has 1 aromatic heterocycles. The van der Waals surface area contributed by atoms with Crippen LogP contribution in [0.25, 0.3) is 11.0 Å². The van der Waals surface area contributed by atoms with Crippen LogP contribution in [0, 0.1) is 0 Å². The Bertz CT molecular complexity index is 915. The molecule has 2 aromatic carbocycles. The summed E-state index contributed by atoms with van der Waals surface area (Å²) in [5, 5.41) is 5.39. The third kappa shape index (κ3) is 3.83. The van der Waals surface area contributed by atoms with E-state index >= 15 is 0 Å². The normalized spacial score (nSPS) is 11.8. The van der Waals surface area contributed by atoms with Crippen molar-refractivity contribution < 1.29 is 9.59 Å². The van der Waals surface area contributed by atoms with Crippen LogP contribution in [0.4, 0.5) is 11.6 Å². The lowest BCUT2D eigenvalue weighted by atomic mass is 10.1. The number of anilines is 2. The number of hydrogen-bond acceptors (Lipinski definition) is 4. The van der Waals surface area contributed by atoms with Gasteiger partial charge in [0.15, 0.2) is 0 Å². The molecule has 0 aliphatic rings. The Kier molecular flexibility index (Phi) is 4.88. The zero-order chi connectivity index (χ0) is 18.7. The molecule has 0 spiro atoms. The number of para-hydroxylation sites is 2. The number of H-pyrrole nitrogens is 1. The first-order chi connectivity index (χ1) is 12.4. The van der Waals surface area contributed by atoms with Gasteiger partial charge in [-0.3, -0.25) is 14.9 Å². The van der Waals surface area contributed by atoms with Crippen LogP contribution in [-0.2, 0) is 4.79 Å². The molecular formula is C19H21N5O2. The number of aromatic nitrogens is 2. The minimum Gasteiger partial charge on any atom is -0.378 e. The number of nitrogens with zero attached hydrogens (tertiary/aromatic N) is 2. The second kappa shape index (κ2) is 7.26. The van der Waals surface area contributed by atoms with Crippen molar-refractivity contribution in [2.45, 2.75) is 13.0 Å². The molecule has 0 bridgehead atoms. The smallest absolute Gasteiger partial charge is 0.251 e. The largest absolute Gasteiger partial charge is 0.378 e. The first-order valence-corrected chi connectivity index (χ1v) is 8.28. The van der Waals surface area contributed by atoms with E-state index in [1.165, 1.54) is 0 Å². The Hall–Kier alpha value is -3.35. The molecule has 1 atom stereocenters. The average Bonchev–Trinajstić information content (AvgIpc) is 3.03. The number of imidazole rings is 1. The van der Waals surface area contributed by atoms with Crippen molar-refractivity contribution in [1.82, 2.24) is 15.3 Å². The van der Waals surface area contributed by atoms with Crippen molar-refractivity contribution in [3.8, 4) is 0 Å². The van der Waals surface area contributed by atoms with Gasteiger partial charge < -0.3 is 15.2 Å². The summed E-state index contributed by atoms with van der Waals surface area (Å²) in [6.07, 6.45) is 0. The minimum absolute atomic E-state index is 0.305. The number of amides is 2. The molecule has 0 aliphatic carbocycles. The van der Waals surface area contributed by atoms with Crippen LogP contribution in [0.5, 0.6) is 0 Å². The van der Waals surface area contributed by atoms with Crippen LogP contribution in [-0.4, -0.2) is 41.9 Å². The third-order valence-corrected chi connectivity index (χ3v) is 4.00. The summed E-state index contributed by atoms with van der Waals surface area (Å²) in [4.78, 5) is 34.0. The van der Waals surface area contributed by atoms with Crippen LogP contribution in [0.1, 0.15) is 17.3 Å². The summed E-state index contributed by atoms with van der Waals surface area (Å²) in [6.45, 7) is 1.63. The number of rotatable bonds is 5. The van der Waals surface area contributed by atoms with Crippen LogP contribution in [0.15, 0.2) is 48.5 Å². The maximum atomic E-state index is 12.4. The highest BCUT2D eigenvalue weighted by Gasteiger charge is 2.18. The molecule has 7 heteroatoms. The van der Waals surface area contributed by atoms with Gasteiger partial charge in [-0.15, -0.1) is 0 Å². The van der Waals surface area contributed by atoms with E-state index in [1.807, 2.05) is 55.4 Å². The lowest BCUT2D eigenvalue weighted by molar-refractivity contribution is -0.117. The highest BCUT2D eigenvalue weighted by Crippen LogP contribution is 2.14. The number of aromatic amines is 1. The molecule has 1 heterocycles. The highest BCUT2D eigenvalue weighted by molar-refractivity contribution is 6.01. The summed E-state index contributed by atoms with van der Waals surface area (Å²) in [5.74, 6) is -0.297. The van der Waals surface area contributed by atoms with E-state index in [1.54, 1.807) is 19.1 Å². The number of benzene rings is 2.